The molecule has 2 fully saturated rings. The molecule has 2 saturated heterocycles. The number of esters is 1. The molecule has 0 radical (unpaired) electrons. The van der Waals surface area contributed by atoms with Crippen LogP contribution < -0.4 is 5.32 Å². The Labute approximate surface area is 175 Å². The second kappa shape index (κ2) is 9.40. The molecule has 1 amide bonds. The quantitative estimate of drug-likeness (QED) is 0.625. The van der Waals surface area contributed by atoms with E-state index < -0.39 is 54.4 Å². The van der Waals surface area contributed by atoms with Crippen molar-refractivity contribution in [3.05, 3.63) is 35.9 Å². The molecule has 1 aromatic rings. The number of benzene rings is 1. The fourth-order valence-corrected chi connectivity index (χ4v) is 3.89. The van der Waals surface area contributed by atoms with Crippen molar-refractivity contribution < 1.29 is 38.0 Å². The molecule has 0 bridgehead atoms. The van der Waals surface area contributed by atoms with E-state index in [1.54, 1.807) is 26.0 Å². The minimum absolute atomic E-state index is 0.110. The topological polar surface area (TPSA) is 102 Å². The average molecular weight is 423 g/mol. The summed E-state index contributed by atoms with van der Waals surface area (Å²) in [5.74, 6) is -1.71. The lowest BCUT2D eigenvalue weighted by Gasteiger charge is -2.31. The molecule has 2 aliphatic heterocycles. The normalized spacial score (nSPS) is 29.1. The van der Waals surface area contributed by atoms with E-state index in [9.17, 15) is 9.59 Å². The smallest absolute Gasteiger partial charge is 0.307 e. The van der Waals surface area contributed by atoms with E-state index in [0.717, 1.165) is 0 Å². The fourth-order valence-electron chi connectivity index (χ4n) is 3.89. The van der Waals surface area contributed by atoms with Crippen LogP contribution in [-0.4, -0.2) is 69.6 Å². The number of methoxy groups -OCH3 is 3. The van der Waals surface area contributed by atoms with Crippen molar-refractivity contribution in [3.63, 3.8) is 0 Å². The maximum atomic E-state index is 13.0. The van der Waals surface area contributed by atoms with E-state index in [4.69, 9.17) is 28.4 Å². The third-order valence-electron chi connectivity index (χ3n) is 5.21. The molecule has 0 aliphatic carbocycles. The highest BCUT2D eigenvalue weighted by molar-refractivity contribution is 5.83. The van der Waals surface area contributed by atoms with E-state index in [-0.39, 0.29) is 6.42 Å². The number of amides is 1. The number of rotatable bonds is 8. The Kier molecular flexibility index (Phi) is 7.10. The van der Waals surface area contributed by atoms with Crippen molar-refractivity contribution in [1.29, 1.82) is 0 Å². The van der Waals surface area contributed by atoms with Crippen molar-refractivity contribution in [2.45, 2.75) is 62.8 Å². The molecule has 30 heavy (non-hydrogen) atoms. The zero-order chi connectivity index (χ0) is 21.9. The predicted octanol–water partition coefficient (Wildman–Crippen LogP) is 1.31. The second-order valence-corrected chi connectivity index (χ2v) is 7.69. The molecule has 3 rings (SSSR count). The van der Waals surface area contributed by atoms with Gasteiger partial charge in [0.1, 0.15) is 18.3 Å². The van der Waals surface area contributed by atoms with Gasteiger partial charge < -0.3 is 33.7 Å². The Morgan fingerprint density at radius 3 is 2.43 bits per heavy atom. The van der Waals surface area contributed by atoms with Gasteiger partial charge in [-0.25, -0.2) is 0 Å². The van der Waals surface area contributed by atoms with Gasteiger partial charge in [0.2, 0.25) is 0 Å². The van der Waals surface area contributed by atoms with E-state index in [1.165, 1.54) is 21.3 Å². The molecule has 0 spiro atoms. The molecule has 2 heterocycles. The number of carbonyl (C=O) groups excluding carboxylic acids is 2. The van der Waals surface area contributed by atoms with Crippen LogP contribution >= 0.6 is 0 Å². The van der Waals surface area contributed by atoms with Crippen LogP contribution in [0.5, 0.6) is 0 Å². The van der Waals surface area contributed by atoms with Crippen LogP contribution in [0.1, 0.15) is 31.9 Å². The van der Waals surface area contributed by atoms with Gasteiger partial charge in [0.25, 0.3) is 5.91 Å². The lowest BCUT2D eigenvalue weighted by Crippen LogP contribution is -2.52. The van der Waals surface area contributed by atoms with E-state index in [1.807, 2.05) is 18.2 Å². The third kappa shape index (κ3) is 4.81. The summed E-state index contributed by atoms with van der Waals surface area (Å²) in [5.41, 5.74) is 0.690. The van der Waals surface area contributed by atoms with Gasteiger partial charge >= 0.3 is 5.97 Å². The summed E-state index contributed by atoms with van der Waals surface area (Å²) in [6, 6.07) is 8.34. The molecule has 9 heteroatoms. The zero-order valence-corrected chi connectivity index (χ0v) is 17.8. The zero-order valence-electron chi connectivity index (χ0n) is 17.8. The lowest BCUT2D eigenvalue weighted by molar-refractivity contribution is -0.220. The van der Waals surface area contributed by atoms with Gasteiger partial charge in [-0.3, -0.25) is 9.59 Å². The van der Waals surface area contributed by atoms with Crippen LogP contribution in [0.4, 0.5) is 0 Å². The van der Waals surface area contributed by atoms with Gasteiger partial charge in [-0.15, -0.1) is 0 Å². The third-order valence-corrected chi connectivity index (χ3v) is 5.21. The highest BCUT2D eigenvalue weighted by Gasteiger charge is 2.57. The monoisotopic (exact) mass is 423 g/mol. The van der Waals surface area contributed by atoms with Gasteiger partial charge in [-0.1, -0.05) is 30.3 Å². The molecule has 6 atom stereocenters. The largest absolute Gasteiger partial charge is 0.469 e. The van der Waals surface area contributed by atoms with Crippen LogP contribution in [0.25, 0.3) is 0 Å². The van der Waals surface area contributed by atoms with Gasteiger partial charge in [0.15, 0.2) is 18.2 Å². The highest BCUT2D eigenvalue weighted by atomic mass is 16.8. The molecule has 1 N–H and O–H groups in total. The summed E-state index contributed by atoms with van der Waals surface area (Å²) in [7, 11) is 4.26. The SMILES string of the molecule is COC(=O)C[C@H](NC(=O)[C@H](OC)c1ccccc1)[C@H]1O[C@@H]2OC(C)(C)O[C@@H]2[C@@H]1OC. The number of carbonyl (C=O) groups is 2. The molecule has 0 unspecified atom stereocenters. The van der Waals surface area contributed by atoms with Crippen molar-refractivity contribution in [2.75, 3.05) is 21.3 Å². The van der Waals surface area contributed by atoms with Crippen LogP contribution in [0, 0.1) is 0 Å². The first-order valence-electron chi connectivity index (χ1n) is 9.78. The summed E-state index contributed by atoms with van der Waals surface area (Å²) in [5, 5.41) is 2.87. The van der Waals surface area contributed by atoms with Crippen molar-refractivity contribution in [3.8, 4) is 0 Å². The molecule has 2 aliphatic rings. The molecular formula is C21H29NO8. The average Bonchev–Trinajstić information content (AvgIpc) is 3.19. The summed E-state index contributed by atoms with van der Waals surface area (Å²) >= 11 is 0. The fraction of sp³-hybridized carbons (Fsp3) is 0.619. The van der Waals surface area contributed by atoms with Gasteiger partial charge in [-0.05, 0) is 19.4 Å². The van der Waals surface area contributed by atoms with Gasteiger partial charge in [-0.2, -0.15) is 0 Å². The Hall–Kier alpha value is -2.04. The maximum Gasteiger partial charge on any atom is 0.307 e. The Morgan fingerprint density at radius 2 is 1.83 bits per heavy atom. The summed E-state index contributed by atoms with van der Waals surface area (Å²) in [4.78, 5) is 25.1. The minimum atomic E-state index is -0.848. The first kappa shape index (κ1) is 22.6. The maximum absolute atomic E-state index is 13.0. The number of fused-ring (bicyclic) bond motifs is 1. The first-order chi connectivity index (χ1) is 14.3. The van der Waals surface area contributed by atoms with Gasteiger partial charge in [0, 0.05) is 14.2 Å². The van der Waals surface area contributed by atoms with E-state index in [0.29, 0.717) is 5.56 Å². The molecule has 9 nitrogen and oxygen atoms in total. The Morgan fingerprint density at radius 1 is 1.13 bits per heavy atom. The Bertz CT molecular complexity index is 740. The van der Waals surface area contributed by atoms with E-state index >= 15 is 0 Å². The van der Waals surface area contributed by atoms with Crippen LogP contribution in [0.15, 0.2) is 30.3 Å². The molecule has 1 aromatic carbocycles. The number of nitrogens with one attached hydrogen (secondary N) is 1. The molecule has 0 saturated carbocycles. The summed E-state index contributed by atoms with van der Waals surface area (Å²) in [6.07, 6.45) is -3.35. The molecular weight excluding hydrogens is 394 g/mol. The van der Waals surface area contributed by atoms with Crippen molar-refractivity contribution in [2.24, 2.45) is 0 Å². The molecule has 0 aromatic heterocycles. The first-order valence-corrected chi connectivity index (χ1v) is 9.78. The summed E-state index contributed by atoms with van der Waals surface area (Å²) < 4.78 is 33.5. The van der Waals surface area contributed by atoms with Crippen LogP contribution in [0.2, 0.25) is 0 Å². The second-order valence-electron chi connectivity index (χ2n) is 7.69. The highest BCUT2D eigenvalue weighted by Crippen LogP contribution is 2.40. The van der Waals surface area contributed by atoms with Crippen molar-refractivity contribution in [1.82, 2.24) is 5.32 Å². The predicted molar refractivity (Wildman–Crippen MR) is 104 cm³/mol. The lowest BCUT2D eigenvalue weighted by atomic mass is 9.99. The van der Waals surface area contributed by atoms with Crippen molar-refractivity contribution >= 4 is 11.9 Å². The van der Waals surface area contributed by atoms with Crippen LogP contribution in [-0.2, 0) is 38.0 Å². The standard InChI is InChI=1S/C21H29NO8/c1-21(2)29-18-17(27-5)16(28-20(18)30-21)13(11-14(23)25-3)22-19(24)15(26-4)12-9-7-6-8-10-12/h6-10,13,15-18,20H,11H2,1-5H3,(H,22,24)/t13-,15+,16+,17+,18+,20+/m0/s1. The number of hydrogen-bond acceptors (Lipinski definition) is 8. The van der Waals surface area contributed by atoms with Crippen LogP contribution in [0.3, 0.4) is 0 Å². The van der Waals surface area contributed by atoms with Gasteiger partial charge in [0.05, 0.1) is 19.6 Å². The summed E-state index contributed by atoms with van der Waals surface area (Å²) in [6.45, 7) is 3.57. The number of ether oxygens (including phenoxy) is 6. The number of hydrogen-bond donors (Lipinski definition) is 1. The molecule has 166 valence electrons. The van der Waals surface area contributed by atoms with E-state index in [2.05, 4.69) is 5.32 Å². The Balaban J connectivity index is 1.79. The minimum Gasteiger partial charge on any atom is -0.469 e.